The fraction of sp³-hybridized carbons (Fsp3) is 0.611. The van der Waals surface area contributed by atoms with Crippen LogP contribution in [0.2, 0.25) is 0 Å². The summed E-state index contributed by atoms with van der Waals surface area (Å²) in [6, 6.07) is 7.26. The Bertz CT molecular complexity index is 527. The van der Waals surface area contributed by atoms with Crippen molar-refractivity contribution in [3.63, 3.8) is 0 Å². The first-order chi connectivity index (χ1) is 10.7. The van der Waals surface area contributed by atoms with Gasteiger partial charge in [-0.2, -0.15) is 0 Å². The van der Waals surface area contributed by atoms with Gasteiger partial charge in [0.25, 0.3) is 5.91 Å². The fourth-order valence-electron chi connectivity index (χ4n) is 3.60. The van der Waals surface area contributed by atoms with E-state index in [1.165, 1.54) is 25.7 Å². The molecule has 0 radical (unpaired) electrons. The second-order valence-electron chi connectivity index (χ2n) is 6.65. The van der Waals surface area contributed by atoms with Crippen molar-refractivity contribution in [2.75, 3.05) is 7.11 Å². The zero-order chi connectivity index (χ0) is 15.5. The molecule has 0 bridgehead atoms. The third-order valence-corrected chi connectivity index (χ3v) is 5.01. The molecule has 3 atom stereocenters. The quantitative estimate of drug-likeness (QED) is 0.879. The van der Waals surface area contributed by atoms with Gasteiger partial charge in [0, 0.05) is 6.04 Å². The van der Waals surface area contributed by atoms with Crippen molar-refractivity contribution in [1.29, 1.82) is 0 Å². The number of benzene rings is 1. The Kier molecular flexibility index (Phi) is 4.67. The number of carbonyl (C=O) groups is 1. The van der Waals surface area contributed by atoms with Gasteiger partial charge in [-0.05, 0) is 55.2 Å². The highest BCUT2D eigenvalue weighted by atomic mass is 16.5. The second-order valence-corrected chi connectivity index (χ2v) is 6.65. The van der Waals surface area contributed by atoms with Gasteiger partial charge in [-0.25, -0.2) is 0 Å². The van der Waals surface area contributed by atoms with Crippen molar-refractivity contribution in [3.05, 3.63) is 29.8 Å². The molecular weight excluding hydrogens is 278 g/mol. The molecule has 4 heteroatoms. The highest BCUT2D eigenvalue weighted by molar-refractivity contribution is 5.82. The van der Waals surface area contributed by atoms with E-state index in [2.05, 4.69) is 5.32 Å². The molecule has 0 heterocycles. The van der Waals surface area contributed by atoms with Crippen LogP contribution in [0.4, 0.5) is 0 Å². The van der Waals surface area contributed by atoms with Gasteiger partial charge in [-0.1, -0.05) is 25.0 Å². The normalized spacial score (nSPS) is 26.3. The number of hydrogen-bond donors (Lipinski definition) is 2. The molecule has 2 fully saturated rings. The highest BCUT2D eigenvalue weighted by Crippen LogP contribution is 2.43. The van der Waals surface area contributed by atoms with Crippen molar-refractivity contribution >= 4 is 5.91 Å². The van der Waals surface area contributed by atoms with Crippen LogP contribution >= 0.6 is 0 Å². The van der Waals surface area contributed by atoms with Crippen LogP contribution in [0.1, 0.15) is 50.2 Å². The van der Waals surface area contributed by atoms with E-state index >= 15 is 0 Å². The summed E-state index contributed by atoms with van der Waals surface area (Å²) in [5, 5.41) is 13.3. The number of carbonyl (C=O) groups excluding carboxylic acids is 1. The lowest BCUT2D eigenvalue weighted by molar-refractivity contribution is -0.130. The molecule has 22 heavy (non-hydrogen) atoms. The third kappa shape index (κ3) is 3.61. The lowest BCUT2D eigenvalue weighted by Crippen LogP contribution is -2.41. The monoisotopic (exact) mass is 303 g/mol. The summed E-state index contributed by atoms with van der Waals surface area (Å²) in [7, 11) is 1.58. The molecule has 3 unspecified atom stereocenters. The number of hydrogen-bond acceptors (Lipinski definition) is 3. The molecule has 1 aromatic rings. The Balaban J connectivity index is 1.58. The van der Waals surface area contributed by atoms with Crippen LogP contribution in [-0.4, -0.2) is 24.2 Å². The van der Waals surface area contributed by atoms with Crippen molar-refractivity contribution in [2.24, 2.45) is 11.8 Å². The first-order valence-electron chi connectivity index (χ1n) is 8.29. The first kappa shape index (κ1) is 15.3. The van der Waals surface area contributed by atoms with Crippen LogP contribution < -0.4 is 10.1 Å². The summed E-state index contributed by atoms with van der Waals surface area (Å²) in [4.78, 5) is 12.3. The molecule has 0 aliphatic heterocycles. The van der Waals surface area contributed by atoms with E-state index in [1.807, 2.05) is 0 Å². The van der Waals surface area contributed by atoms with E-state index in [0.717, 1.165) is 24.7 Å². The van der Waals surface area contributed by atoms with E-state index < -0.39 is 6.10 Å². The van der Waals surface area contributed by atoms with Gasteiger partial charge in [-0.3, -0.25) is 4.79 Å². The minimum absolute atomic E-state index is 0.215. The van der Waals surface area contributed by atoms with Gasteiger partial charge >= 0.3 is 0 Å². The summed E-state index contributed by atoms with van der Waals surface area (Å²) in [6.45, 7) is 0. The largest absolute Gasteiger partial charge is 0.497 e. The SMILES string of the molecule is COc1cccc(C(O)C(=O)NC2CCCC(C3CC3)C2)c1. The highest BCUT2D eigenvalue weighted by Gasteiger charge is 2.35. The van der Waals surface area contributed by atoms with Gasteiger partial charge in [0.05, 0.1) is 7.11 Å². The predicted octanol–water partition coefficient (Wildman–Crippen LogP) is 2.81. The summed E-state index contributed by atoms with van der Waals surface area (Å²) < 4.78 is 5.14. The zero-order valence-corrected chi connectivity index (χ0v) is 13.1. The summed E-state index contributed by atoms with van der Waals surface area (Å²) in [5.41, 5.74) is 0.575. The average molecular weight is 303 g/mol. The Hall–Kier alpha value is -1.55. The van der Waals surface area contributed by atoms with Crippen LogP contribution in [0.15, 0.2) is 24.3 Å². The lowest BCUT2D eigenvalue weighted by Gasteiger charge is -2.30. The maximum atomic E-state index is 12.3. The molecule has 3 rings (SSSR count). The maximum Gasteiger partial charge on any atom is 0.253 e. The molecule has 120 valence electrons. The molecule has 1 aromatic carbocycles. The maximum absolute atomic E-state index is 12.3. The number of methoxy groups -OCH3 is 1. The van der Waals surface area contributed by atoms with E-state index in [0.29, 0.717) is 11.3 Å². The van der Waals surface area contributed by atoms with E-state index in [1.54, 1.807) is 31.4 Å². The van der Waals surface area contributed by atoms with Gasteiger partial charge in [0.1, 0.15) is 5.75 Å². The molecular formula is C18H25NO3. The lowest BCUT2D eigenvalue weighted by atomic mass is 9.82. The van der Waals surface area contributed by atoms with Gasteiger partial charge in [-0.15, -0.1) is 0 Å². The predicted molar refractivity (Wildman–Crippen MR) is 84.6 cm³/mol. The molecule has 2 aliphatic rings. The number of amides is 1. The van der Waals surface area contributed by atoms with Crippen LogP contribution in [0, 0.1) is 11.8 Å². The Morgan fingerprint density at radius 3 is 2.82 bits per heavy atom. The third-order valence-electron chi connectivity index (χ3n) is 5.01. The molecule has 2 N–H and O–H groups in total. The Labute approximate surface area is 131 Å². The fourth-order valence-corrected chi connectivity index (χ4v) is 3.60. The van der Waals surface area contributed by atoms with Crippen molar-refractivity contribution < 1.29 is 14.6 Å². The van der Waals surface area contributed by atoms with Crippen molar-refractivity contribution in [1.82, 2.24) is 5.32 Å². The topological polar surface area (TPSA) is 58.6 Å². The molecule has 0 saturated heterocycles. The summed E-state index contributed by atoms with van der Waals surface area (Å²) in [5.74, 6) is 2.02. The number of ether oxygens (including phenoxy) is 1. The minimum atomic E-state index is -1.13. The number of aliphatic hydroxyl groups excluding tert-OH is 1. The van der Waals surface area contributed by atoms with Crippen LogP contribution in [-0.2, 0) is 4.79 Å². The van der Waals surface area contributed by atoms with Gasteiger partial charge in [0.15, 0.2) is 6.10 Å². The molecule has 2 saturated carbocycles. The Morgan fingerprint density at radius 1 is 1.27 bits per heavy atom. The second kappa shape index (κ2) is 6.69. The van der Waals surface area contributed by atoms with Crippen molar-refractivity contribution in [3.8, 4) is 5.75 Å². The van der Waals surface area contributed by atoms with Gasteiger partial charge < -0.3 is 15.2 Å². The van der Waals surface area contributed by atoms with Gasteiger partial charge in [0.2, 0.25) is 0 Å². The van der Waals surface area contributed by atoms with E-state index in [9.17, 15) is 9.90 Å². The van der Waals surface area contributed by atoms with Crippen LogP contribution in [0.5, 0.6) is 5.75 Å². The number of aliphatic hydroxyl groups is 1. The number of rotatable bonds is 5. The molecule has 2 aliphatic carbocycles. The summed E-state index contributed by atoms with van der Waals surface area (Å²) in [6.07, 6.45) is 6.17. The zero-order valence-electron chi connectivity index (χ0n) is 13.1. The Morgan fingerprint density at radius 2 is 2.09 bits per heavy atom. The van der Waals surface area contributed by atoms with Crippen LogP contribution in [0.3, 0.4) is 0 Å². The van der Waals surface area contributed by atoms with E-state index in [-0.39, 0.29) is 11.9 Å². The standard InChI is InChI=1S/C18H25NO3/c1-22-16-7-3-5-14(11-16)17(20)18(21)19-15-6-2-4-13(10-15)12-8-9-12/h3,5,7,11-13,15,17,20H,2,4,6,8-10H2,1H3,(H,19,21). The smallest absolute Gasteiger partial charge is 0.253 e. The number of nitrogens with one attached hydrogen (secondary N) is 1. The average Bonchev–Trinajstić information content (AvgIpc) is 3.39. The minimum Gasteiger partial charge on any atom is -0.497 e. The molecule has 1 amide bonds. The summed E-state index contributed by atoms with van der Waals surface area (Å²) >= 11 is 0. The first-order valence-corrected chi connectivity index (χ1v) is 8.29. The molecule has 0 spiro atoms. The molecule has 0 aromatic heterocycles. The van der Waals surface area contributed by atoms with Crippen LogP contribution in [0.25, 0.3) is 0 Å². The van der Waals surface area contributed by atoms with Crippen molar-refractivity contribution in [2.45, 2.75) is 50.7 Å². The molecule has 4 nitrogen and oxygen atoms in total. The van der Waals surface area contributed by atoms with E-state index in [4.69, 9.17) is 4.74 Å².